The Balaban J connectivity index is 1.59. The van der Waals surface area contributed by atoms with Gasteiger partial charge in [0.05, 0.1) is 10.4 Å². The third-order valence-electron chi connectivity index (χ3n) is 5.97. The van der Waals surface area contributed by atoms with E-state index in [1.165, 1.54) is 6.07 Å². The van der Waals surface area contributed by atoms with Gasteiger partial charge in [-0.25, -0.2) is 23.1 Å². The Bertz CT molecular complexity index is 1530. The lowest BCUT2D eigenvalue weighted by Crippen LogP contribution is -2.29. The minimum Gasteiger partial charge on any atom is -0.368 e. The summed E-state index contributed by atoms with van der Waals surface area (Å²) in [5.74, 6) is -0.262. The number of fused-ring (bicyclic) bond motifs is 2. The first-order valence-corrected chi connectivity index (χ1v) is 12.6. The summed E-state index contributed by atoms with van der Waals surface area (Å²) in [6.45, 7) is 1.27. The third kappa shape index (κ3) is 4.34. The molecule has 0 radical (unpaired) electrons. The second-order valence-corrected chi connectivity index (χ2v) is 10.0. The van der Waals surface area contributed by atoms with Crippen LogP contribution in [0.5, 0.6) is 0 Å². The van der Waals surface area contributed by atoms with Crippen molar-refractivity contribution in [3.8, 4) is 11.1 Å². The van der Waals surface area contributed by atoms with E-state index in [0.717, 1.165) is 11.1 Å². The van der Waals surface area contributed by atoms with Crippen LogP contribution in [0, 0.1) is 0 Å². The summed E-state index contributed by atoms with van der Waals surface area (Å²) < 4.78 is 28.3. The van der Waals surface area contributed by atoms with Crippen molar-refractivity contribution in [2.24, 2.45) is 5.73 Å². The number of nitrogens with two attached hydrogens (primary N) is 2. The molecular formula is C25H24N6O3S. The lowest BCUT2D eigenvalue weighted by atomic mass is 10.0. The molecule has 3 aromatic carbocycles. The molecule has 0 saturated carbocycles. The molecule has 5 rings (SSSR count). The first-order valence-electron chi connectivity index (χ1n) is 11.1. The van der Waals surface area contributed by atoms with Gasteiger partial charge in [-0.2, -0.15) is 0 Å². The Morgan fingerprint density at radius 2 is 1.66 bits per heavy atom. The smallest absolute Gasteiger partial charge is 0.273 e. The molecule has 9 nitrogen and oxygen atoms in total. The largest absolute Gasteiger partial charge is 0.368 e. The highest BCUT2D eigenvalue weighted by Crippen LogP contribution is 2.32. The molecule has 0 aliphatic carbocycles. The van der Waals surface area contributed by atoms with Gasteiger partial charge in [0, 0.05) is 37.1 Å². The number of carbonyl (C=O) groups is 1. The van der Waals surface area contributed by atoms with Crippen LogP contribution in [-0.4, -0.2) is 42.3 Å². The summed E-state index contributed by atoms with van der Waals surface area (Å²) in [5.41, 5.74) is 15.4. The number of rotatable bonds is 6. The molecule has 0 fully saturated rings. The first-order chi connectivity index (χ1) is 16.9. The molecule has 0 saturated heterocycles. The van der Waals surface area contributed by atoms with Crippen LogP contribution in [0.15, 0.2) is 71.6 Å². The average molecular weight is 489 g/mol. The van der Waals surface area contributed by atoms with E-state index >= 15 is 0 Å². The molecule has 1 aliphatic rings. The van der Waals surface area contributed by atoms with E-state index in [-0.39, 0.29) is 35.5 Å². The van der Waals surface area contributed by atoms with E-state index in [2.05, 4.69) is 14.7 Å². The molecular weight excluding hydrogens is 464 g/mol. The molecule has 4 aromatic rings. The van der Waals surface area contributed by atoms with E-state index in [4.69, 9.17) is 11.5 Å². The van der Waals surface area contributed by atoms with E-state index in [1.807, 2.05) is 24.3 Å². The molecule has 1 amide bonds. The maximum absolute atomic E-state index is 13.5. The van der Waals surface area contributed by atoms with Crippen LogP contribution in [0.25, 0.3) is 22.0 Å². The van der Waals surface area contributed by atoms with Crippen molar-refractivity contribution in [1.29, 1.82) is 0 Å². The molecule has 178 valence electrons. The van der Waals surface area contributed by atoms with Crippen molar-refractivity contribution in [3.05, 3.63) is 83.6 Å². The van der Waals surface area contributed by atoms with E-state index in [0.29, 0.717) is 35.1 Å². The fourth-order valence-electron chi connectivity index (χ4n) is 4.31. The quantitative estimate of drug-likeness (QED) is 0.378. The average Bonchev–Trinajstić information content (AvgIpc) is 3.31. The van der Waals surface area contributed by atoms with Crippen molar-refractivity contribution >= 4 is 32.8 Å². The van der Waals surface area contributed by atoms with E-state index < -0.39 is 10.0 Å². The van der Waals surface area contributed by atoms with Gasteiger partial charge in [-0.1, -0.05) is 48.5 Å². The number of hydrogen-bond acceptors (Lipinski definition) is 7. The van der Waals surface area contributed by atoms with E-state index in [1.54, 1.807) is 41.3 Å². The zero-order chi connectivity index (χ0) is 24.6. The van der Waals surface area contributed by atoms with Gasteiger partial charge in [0.15, 0.2) is 0 Å². The minimum atomic E-state index is -3.79. The fraction of sp³-hybridized carbons (Fsp3) is 0.160. The van der Waals surface area contributed by atoms with Gasteiger partial charge in [0.1, 0.15) is 5.69 Å². The van der Waals surface area contributed by atoms with Crippen molar-refractivity contribution in [2.45, 2.75) is 18.0 Å². The fourth-order valence-corrected chi connectivity index (χ4v) is 5.59. The summed E-state index contributed by atoms with van der Waals surface area (Å²) in [5, 5.41) is 0.500. The van der Waals surface area contributed by atoms with E-state index in [9.17, 15) is 13.2 Å². The van der Waals surface area contributed by atoms with Crippen LogP contribution in [0.4, 0.5) is 5.95 Å². The molecule has 0 bridgehead atoms. The molecule has 2 heterocycles. The highest BCUT2D eigenvalue weighted by atomic mass is 32.2. The summed E-state index contributed by atoms with van der Waals surface area (Å²) >= 11 is 0. The zero-order valence-corrected chi connectivity index (χ0v) is 19.6. The standard InChI is InChI=1S/C25H24N6O3S/c26-11-12-28-35(33,34)22-8-4-3-7-19(22)16-9-10-21-20(13-16)23(30-25(27)29-21)24(32)31-14-17-5-1-2-6-18(17)15-31/h1-10,13,28H,11-12,14-15,26H2,(H2,27,29,30). The van der Waals surface area contributed by atoms with Gasteiger partial charge in [-0.05, 0) is 34.9 Å². The number of sulfonamides is 1. The Kier molecular flexibility index (Phi) is 5.93. The van der Waals surface area contributed by atoms with Crippen LogP contribution in [0.2, 0.25) is 0 Å². The number of nitrogens with zero attached hydrogens (tertiary/aromatic N) is 3. The number of anilines is 1. The number of carbonyl (C=O) groups excluding carboxylic acids is 1. The maximum Gasteiger partial charge on any atom is 0.273 e. The van der Waals surface area contributed by atoms with Crippen molar-refractivity contribution < 1.29 is 13.2 Å². The molecule has 0 atom stereocenters. The van der Waals surface area contributed by atoms with Gasteiger partial charge in [0.25, 0.3) is 5.91 Å². The number of nitrogens with one attached hydrogen (secondary N) is 1. The summed E-state index contributed by atoms with van der Waals surface area (Å²) in [4.78, 5) is 23.9. The van der Waals surface area contributed by atoms with Crippen molar-refractivity contribution in [1.82, 2.24) is 19.6 Å². The lowest BCUT2D eigenvalue weighted by Gasteiger charge is -2.17. The predicted octanol–water partition coefficient (Wildman–Crippen LogP) is 2.27. The van der Waals surface area contributed by atoms with Gasteiger partial charge in [-0.15, -0.1) is 0 Å². The van der Waals surface area contributed by atoms with Gasteiger partial charge < -0.3 is 16.4 Å². The highest BCUT2D eigenvalue weighted by Gasteiger charge is 2.27. The summed E-state index contributed by atoms with van der Waals surface area (Å²) in [7, 11) is -3.79. The molecule has 35 heavy (non-hydrogen) atoms. The van der Waals surface area contributed by atoms with Crippen LogP contribution >= 0.6 is 0 Å². The topological polar surface area (TPSA) is 144 Å². The maximum atomic E-state index is 13.5. The van der Waals surface area contributed by atoms with Crippen LogP contribution in [0.3, 0.4) is 0 Å². The normalized spacial score (nSPS) is 13.2. The monoisotopic (exact) mass is 488 g/mol. The molecule has 1 aromatic heterocycles. The lowest BCUT2D eigenvalue weighted by molar-refractivity contribution is 0.0747. The molecule has 5 N–H and O–H groups in total. The Morgan fingerprint density at radius 3 is 2.37 bits per heavy atom. The Morgan fingerprint density at radius 1 is 0.971 bits per heavy atom. The van der Waals surface area contributed by atoms with Crippen LogP contribution in [0.1, 0.15) is 21.6 Å². The number of benzene rings is 3. The van der Waals surface area contributed by atoms with Crippen molar-refractivity contribution in [3.63, 3.8) is 0 Å². The van der Waals surface area contributed by atoms with Crippen LogP contribution in [-0.2, 0) is 23.1 Å². The second kappa shape index (κ2) is 9.06. The third-order valence-corrected chi connectivity index (χ3v) is 7.49. The first kappa shape index (κ1) is 22.9. The van der Waals surface area contributed by atoms with Gasteiger partial charge in [0.2, 0.25) is 16.0 Å². The van der Waals surface area contributed by atoms with Gasteiger partial charge >= 0.3 is 0 Å². The highest BCUT2D eigenvalue weighted by molar-refractivity contribution is 7.89. The number of hydrogen-bond donors (Lipinski definition) is 3. The van der Waals surface area contributed by atoms with Gasteiger partial charge in [-0.3, -0.25) is 4.79 Å². The SMILES string of the molecule is NCCNS(=O)(=O)c1ccccc1-c1ccc2nc(N)nc(C(=O)N3Cc4ccccc4C3)c2c1. The number of aromatic nitrogens is 2. The summed E-state index contributed by atoms with van der Waals surface area (Å²) in [6.07, 6.45) is 0. The molecule has 0 unspecified atom stereocenters. The minimum absolute atomic E-state index is 0.000673. The molecule has 0 spiro atoms. The molecule has 10 heteroatoms. The molecule has 1 aliphatic heterocycles. The second-order valence-electron chi connectivity index (χ2n) is 8.27. The Labute approximate surface area is 202 Å². The van der Waals surface area contributed by atoms with Crippen molar-refractivity contribution in [2.75, 3.05) is 18.8 Å². The Hall–Kier alpha value is -3.86. The van der Waals surface area contributed by atoms with Crippen LogP contribution < -0.4 is 16.2 Å². The number of amides is 1. The zero-order valence-electron chi connectivity index (χ0n) is 18.8. The number of nitrogen functional groups attached to an aromatic ring is 1. The summed E-state index contributed by atoms with van der Waals surface area (Å²) in [6, 6.07) is 19.8. The predicted molar refractivity (Wildman–Crippen MR) is 134 cm³/mol.